The van der Waals surface area contributed by atoms with Crippen molar-refractivity contribution in [3.05, 3.63) is 35.2 Å². The van der Waals surface area contributed by atoms with Crippen molar-refractivity contribution in [3.63, 3.8) is 0 Å². The van der Waals surface area contributed by atoms with Crippen LogP contribution in [0.1, 0.15) is 18.9 Å². The van der Waals surface area contributed by atoms with Gasteiger partial charge in [-0.05, 0) is 41.5 Å². The van der Waals surface area contributed by atoms with Crippen molar-refractivity contribution < 1.29 is 9.53 Å². The second-order valence-electron chi connectivity index (χ2n) is 4.46. The Bertz CT molecular complexity index is 568. The summed E-state index contributed by atoms with van der Waals surface area (Å²) in [6.45, 7) is 2.18. The van der Waals surface area contributed by atoms with E-state index >= 15 is 0 Å². The maximum atomic E-state index is 11.4. The quantitative estimate of drug-likeness (QED) is 0.629. The van der Waals surface area contributed by atoms with Gasteiger partial charge < -0.3 is 10.5 Å². The van der Waals surface area contributed by atoms with E-state index in [4.69, 9.17) is 10.5 Å². The molecule has 2 N–H and O–H groups in total. The fraction of sp³-hybridized carbons (Fsp3) is 0.400. The van der Waals surface area contributed by atoms with E-state index in [2.05, 4.69) is 29.6 Å². The molecule has 1 heterocycles. The van der Waals surface area contributed by atoms with Gasteiger partial charge in [0.25, 0.3) is 0 Å². The predicted molar refractivity (Wildman–Crippen MR) is 87.2 cm³/mol. The molecule has 0 spiro atoms. The van der Waals surface area contributed by atoms with Gasteiger partial charge in [0, 0.05) is 10.5 Å². The summed E-state index contributed by atoms with van der Waals surface area (Å²) in [6, 6.07) is 7.94. The Morgan fingerprint density at radius 2 is 2.25 bits per heavy atom. The molecule has 0 bridgehead atoms. The number of rotatable bonds is 7. The zero-order chi connectivity index (χ0) is 14.4. The number of esters is 1. The first-order chi connectivity index (χ1) is 9.72. The topological polar surface area (TPSA) is 52.3 Å². The molecule has 0 saturated carbocycles. The second-order valence-corrected chi connectivity index (χ2v) is 6.47. The van der Waals surface area contributed by atoms with Gasteiger partial charge in [0.1, 0.15) is 6.04 Å². The van der Waals surface area contributed by atoms with E-state index in [1.54, 1.807) is 18.3 Å². The highest BCUT2D eigenvalue weighted by atomic mass is 32.2. The molecule has 108 valence electrons. The molecule has 5 heteroatoms. The number of carbonyl (C=O) groups excluding carboxylic acids is 1. The molecule has 0 aliphatic rings. The second kappa shape index (κ2) is 7.67. The number of ether oxygens (including phenoxy) is 1. The normalized spacial score (nSPS) is 12.5. The highest BCUT2D eigenvalue weighted by Crippen LogP contribution is 2.28. The zero-order valence-corrected chi connectivity index (χ0v) is 13.1. The first-order valence-corrected chi connectivity index (χ1v) is 8.71. The maximum absolute atomic E-state index is 11.4. The molecule has 3 nitrogen and oxygen atoms in total. The van der Waals surface area contributed by atoms with Crippen LogP contribution in [0.15, 0.2) is 29.6 Å². The lowest BCUT2D eigenvalue weighted by Gasteiger charge is -2.09. The smallest absolute Gasteiger partial charge is 0.322 e. The molecule has 20 heavy (non-hydrogen) atoms. The number of thioether (sulfide) groups is 1. The van der Waals surface area contributed by atoms with Gasteiger partial charge in [-0.3, -0.25) is 4.79 Å². The molecule has 0 amide bonds. The van der Waals surface area contributed by atoms with Gasteiger partial charge in [0.2, 0.25) is 0 Å². The first-order valence-electron chi connectivity index (χ1n) is 6.67. The van der Waals surface area contributed by atoms with Crippen LogP contribution < -0.4 is 5.73 Å². The van der Waals surface area contributed by atoms with Crippen molar-refractivity contribution in [1.82, 2.24) is 0 Å². The molecule has 1 atom stereocenters. The van der Waals surface area contributed by atoms with E-state index in [9.17, 15) is 4.79 Å². The molecule has 0 aliphatic heterocycles. The Morgan fingerprint density at radius 3 is 3.05 bits per heavy atom. The van der Waals surface area contributed by atoms with Crippen molar-refractivity contribution in [1.29, 1.82) is 0 Å². The third-order valence-corrected chi connectivity index (χ3v) is 5.03. The van der Waals surface area contributed by atoms with Gasteiger partial charge in [-0.2, -0.15) is 11.8 Å². The Morgan fingerprint density at radius 1 is 1.45 bits per heavy atom. The zero-order valence-electron chi connectivity index (χ0n) is 11.5. The summed E-state index contributed by atoms with van der Waals surface area (Å²) in [5.41, 5.74) is 7.13. The average Bonchev–Trinajstić information content (AvgIpc) is 2.87. The Labute approximate surface area is 127 Å². The Kier molecular flexibility index (Phi) is 5.88. The largest absolute Gasteiger partial charge is 0.465 e. The summed E-state index contributed by atoms with van der Waals surface area (Å²) in [4.78, 5) is 11.4. The van der Waals surface area contributed by atoms with Crippen molar-refractivity contribution in [2.45, 2.75) is 25.1 Å². The van der Waals surface area contributed by atoms with Gasteiger partial charge in [-0.1, -0.05) is 18.2 Å². The standard InChI is InChI=1S/C15H19NO2S2/c1-2-18-15(17)13(16)7-8-19-9-11-10-20-14-6-4-3-5-12(11)14/h3-6,10,13H,2,7-9,16H2,1H3. The summed E-state index contributed by atoms with van der Waals surface area (Å²) in [6.07, 6.45) is 0.658. The first kappa shape index (κ1) is 15.4. The highest BCUT2D eigenvalue weighted by molar-refractivity contribution is 7.98. The Hall–Kier alpha value is -1.04. The number of fused-ring (bicyclic) bond motifs is 1. The average molecular weight is 309 g/mol. The van der Waals surface area contributed by atoms with Crippen LogP contribution in [0.2, 0.25) is 0 Å². The number of benzene rings is 1. The SMILES string of the molecule is CCOC(=O)C(N)CCSCc1csc2ccccc12. The third-order valence-electron chi connectivity index (χ3n) is 2.98. The molecule has 1 unspecified atom stereocenters. The van der Waals surface area contributed by atoms with Crippen molar-refractivity contribution >= 4 is 39.2 Å². The van der Waals surface area contributed by atoms with E-state index in [-0.39, 0.29) is 5.97 Å². The number of nitrogens with two attached hydrogens (primary N) is 1. The van der Waals surface area contributed by atoms with E-state index in [0.717, 1.165) is 11.5 Å². The minimum atomic E-state index is -0.498. The lowest BCUT2D eigenvalue weighted by molar-refractivity contribution is -0.144. The molecule has 2 rings (SSSR count). The van der Waals surface area contributed by atoms with Crippen LogP contribution in [0.3, 0.4) is 0 Å². The summed E-state index contributed by atoms with van der Waals surface area (Å²) in [7, 11) is 0. The van der Waals surface area contributed by atoms with Crippen LogP contribution in [0.4, 0.5) is 0 Å². The third kappa shape index (κ3) is 3.98. The molecule has 1 aromatic heterocycles. The maximum Gasteiger partial charge on any atom is 0.322 e. The van der Waals surface area contributed by atoms with Crippen LogP contribution in [0.25, 0.3) is 10.1 Å². The van der Waals surface area contributed by atoms with E-state index in [0.29, 0.717) is 13.0 Å². The molecule has 0 fully saturated rings. The molecule has 0 saturated heterocycles. The number of carbonyl (C=O) groups is 1. The van der Waals surface area contributed by atoms with E-state index in [1.165, 1.54) is 15.6 Å². The van der Waals surface area contributed by atoms with Crippen LogP contribution >= 0.6 is 23.1 Å². The molecular weight excluding hydrogens is 290 g/mol. The Balaban J connectivity index is 1.77. The van der Waals surface area contributed by atoms with Crippen molar-refractivity contribution in [3.8, 4) is 0 Å². The van der Waals surface area contributed by atoms with Gasteiger partial charge in [0.15, 0.2) is 0 Å². The molecule has 0 radical (unpaired) electrons. The predicted octanol–water partition coefficient (Wildman–Crippen LogP) is 3.42. The van der Waals surface area contributed by atoms with E-state index < -0.39 is 6.04 Å². The van der Waals surface area contributed by atoms with Gasteiger partial charge in [-0.15, -0.1) is 11.3 Å². The van der Waals surface area contributed by atoms with Gasteiger partial charge in [0.05, 0.1) is 6.61 Å². The fourth-order valence-corrected chi connectivity index (χ4v) is 4.00. The van der Waals surface area contributed by atoms with E-state index in [1.807, 2.05) is 11.8 Å². The van der Waals surface area contributed by atoms with Crippen LogP contribution in [0, 0.1) is 0 Å². The molecule has 1 aromatic carbocycles. The summed E-state index contributed by atoms with van der Waals surface area (Å²) < 4.78 is 6.22. The number of thiophene rings is 1. The summed E-state index contributed by atoms with van der Waals surface area (Å²) in [5.74, 6) is 1.53. The number of hydrogen-bond acceptors (Lipinski definition) is 5. The van der Waals surface area contributed by atoms with Crippen LogP contribution in [-0.4, -0.2) is 24.4 Å². The molecular formula is C15H19NO2S2. The van der Waals surface area contributed by atoms with Crippen molar-refractivity contribution in [2.24, 2.45) is 5.73 Å². The number of hydrogen-bond donors (Lipinski definition) is 1. The van der Waals surface area contributed by atoms with Gasteiger partial charge >= 0.3 is 5.97 Å². The lowest BCUT2D eigenvalue weighted by Crippen LogP contribution is -2.32. The molecule has 2 aromatic rings. The molecule has 0 aliphatic carbocycles. The lowest BCUT2D eigenvalue weighted by atomic mass is 10.2. The fourth-order valence-electron chi connectivity index (χ4n) is 1.90. The van der Waals surface area contributed by atoms with Gasteiger partial charge in [-0.25, -0.2) is 0 Å². The van der Waals surface area contributed by atoms with Crippen LogP contribution in [0.5, 0.6) is 0 Å². The minimum absolute atomic E-state index is 0.297. The summed E-state index contributed by atoms with van der Waals surface area (Å²) in [5, 5.41) is 3.54. The van der Waals surface area contributed by atoms with Crippen molar-refractivity contribution in [2.75, 3.05) is 12.4 Å². The summed E-state index contributed by atoms with van der Waals surface area (Å²) >= 11 is 3.59. The van der Waals surface area contributed by atoms with Crippen LogP contribution in [-0.2, 0) is 15.3 Å². The monoisotopic (exact) mass is 309 g/mol. The highest BCUT2D eigenvalue weighted by Gasteiger charge is 2.13. The minimum Gasteiger partial charge on any atom is -0.465 e.